The molecule has 2 aromatic rings. The Labute approximate surface area is 178 Å². The van der Waals surface area contributed by atoms with Crippen molar-refractivity contribution in [2.24, 2.45) is 0 Å². The summed E-state index contributed by atoms with van der Waals surface area (Å²) in [6, 6.07) is 15.4. The van der Waals surface area contributed by atoms with E-state index in [4.69, 9.17) is 4.74 Å². The highest BCUT2D eigenvalue weighted by molar-refractivity contribution is 5.85. The third-order valence-electron chi connectivity index (χ3n) is 5.90. The molecule has 0 unspecified atom stereocenters. The Morgan fingerprint density at radius 2 is 1.77 bits per heavy atom. The summed E-state index contributed by atoms with van der Waals surface area (Å²) in [7, 11) is 1.35. The van der Waals surface area contributed by atoms with Gasteiger partial charge in [0.1, 0.15) is 6.04 Å². The molecule has 0 bridgehead atoms. The summed E-state index contributed by atoms with van der Waals surface area (Å²) in [6.07, 6.45) is 0.426. The van der Waals surface area contributed by atoms with E-state index in [-0.39, 0.29) is 5.91 Å². The number of piperazine rings is 1. The van der Waals surface area contributed by atoms with Gasteiger partial charge in [-0.25, -0.2) is 4.79 Å². The SMILES string of the molecule is COC(=O)[C@@H](Cc1ccccc1)NC(=O)C[NH+]1CCN(c2cccc(C)c2C)CC1. The molecule has 3 rings (SSSR count). The summed E-state index contributed by atoms with van der Waals surface area (Å²) < 4.78 is 4.89. The first-order valence-electron chi connectivity index (χ1n) is 10.5. The number of carbonyl (C=O) groups is 2. The van der Waals surface area contributed by atoms with Gasteiger partial charge in [-0.2, -0.15) is 0 Å². The van der Waals surface area contributed by atoms with Crippen LogP contribution in [0.25, 0.3) is 0 Å². The molecule has 1 aliphatic heterocycles. The Morgan fingerprint density at radius 1 is 1.07 bits per heavy atom. The van der Waals surface area contributed by atoms with E-state index < -0.39 is 12.0 Å². The van der Waals surface area contributed by atoms with Gasteiger partial charge in [-0.3, -0.25) is 4.79 Å². The molecule has 30 heavy (non-hydrogen) atoms. The monoisotopic (exact) mass is 410 g/mol. The first-order valence-corrected chi connectivity index (χ1v) is 10.5. The van der Waals surface area contributed by atoms with Crippen LogP contribution in [-0.4, -0.2) is 57.8 Å². The van der Waals surface area contributed by atoms with E-state index in [0.717, 1.165) is 31.7 Å². The van der Waals surface area contributed by atoms with Gasteiger partial charge in [0.05, 0.1) is 33.3 Å². The van der Waals surface area contributed by atoms with Crippen LogP contribution in [0.3, 0.4) is 0 Å². The Bertz CT molecular complexity index is 861. The van der Waals surface area contributed by atoms with Gasteiger partial charge in [0, 0.05) is 12.1 Å². The summed E-state index contributed by atoms with van der Waals surface area (Å²) in [6.45, 7) is 8.28. The molecule has 1 heterocycles. The van der Waals surface area contributed by atoms with Crippen molar-refractivity contribution < 1.29 is 19.2 Å². The van der Waals surface area contributed by atoms with Gasteiger partial charge in [-0.15, -0.1) is 0 Å². The molecule has 0 saturated carbocycles. The second-order valence-corrected chi connectivity index (χ2v) is 7.97. The lowest BCUT2D eigenvalue weighted by Gasteiger charge is -2.34. The van der Waals surface area contributed by atoms with E-state index in [9.17, 15) is 9.59 Å². The van der Waals surface area contributed by atoms with Crippen molar-refractivity contribution in [1.29, 1.82) is 0 Å². The van der Waals surface area contributed by atoms with Gasteiger partial charge in [-0.05, 0) is 36.6 Å². The summed E-state index contributed by atoms with van der Waals surface area (Å²) in [5.41, 5.74) is 4.89. The van der Waals surface area contributed by atoms with Crippen LogP contribution in [0.4, 0.5) is 5.69 Å². The number of esters is 1. The molecule has 1 saturated heterocycles. The molecular formula is C24H32N3O3+. The number of carbonyl (C=O) groups excluding carboxylic acids is 2. The molecule has 2 N–H and O–H groups in total. The molecule has 0 radical (unpaired) electrons. The molecule has 0 aliphatic carbocycles. The topological polar surface area (TPSA) is 63.1 Å². The molecular weight excluding hydrogens is 378 g/mol. The summed E-state index contributed by atoms with van der Waals surface area (Å²) in [5.74, 6) is -0.529. The fourth-order valence-electron chi connectivity index (χ4n) is 3.98. The average Bonchev–Trinajstić information content (AvgIpc) is 2.76. The van der Waals surface area contributed by atoms with Crippen molar-refractivity contribution in [1.82, 2.24) is 5.32 Å². The predicted molar refractivity (Wildman–Crippen MR) is 118 cm³/mol. The number of anilines is 1. The van der Waals surface area contributed by atoms with Gasteiger partial charge < -0.3 is 19.9 Å². The Balaban J connectivity index is 1.53. The number of rotatable bonds is 7. The minimum atomic E-state index is -0.666. The van der Waals surface area contributed by atoms with Crippen LogP contribution in [0.1, 0.15) is 16.7 Å². The lowest BCUT2D eigenvalue weighted by atomic mass is 10.1. The normalized spacial score (nSPS) is 15.5. The zero-order valence-electron chi connectivity index (χ0n) is 18.1. The number of hydrogen-bond donors (Lipinski definition) is 2. The van der Waals surface area contributed by atoms with E-state index in [1.54, 1.807) is 0 Å². The van der Waals surface area contributed by atoms with Crippen molar-refractivity contribution in [3.05, 3.63) is 65.2 Å². The van der Waals surface area contributed by atoms with Crippen LogP contribution in [0.2, 0.25) is 0 Å². The minimum absolute atomic E-state index is 0.114. The van der Waals surface area contributed by atoms with Crippen LogP contribution in [0, 0.1) is 13.8 Å². The van der Waals surface area contributed by atoms with Gasteiger partial charge in [0.25, 0.3) is 5.91 Å². The van der Waals surface area contributed by atoms with Crippen molar-refractivity contribution >= 4 is 17.6 Å². The van der Waals surface area contributed by atoms with Crippen molar-refractivity contribution in [2.45, 2.75) is 26.3 Å². The number of methoxy groups -OCH3 is 1. The quantitative estimate of drug-likeness (QED) is 0.666. The van der Waals surface area contributed by atoms with Gasteiger partial charge in [0.15, 0.2) is 6.54 Å². The molecule has 1 atom stereocenters. The van der Waals surface area contributed by atoms with E-state index in [1.807, 2.05) is 30.3 Å². The van der Waals surface area contributed by atoms with Crippen LogP contribution in [0.5, 0.6) is 0 Å². The van der Waals surface area contributed by atoms with E-state index in [2.05, 4.69) is 42.3 Å². The van der Waals surface area contributed by atoms with Crippen molar-refractivity contribution in [2.75, 3.05) is 44.7 Å². The third-order valence-corrected chi connectivity index (χ3v) is 5.90. The highest BCUT2D eigenvalue weighted by Crippen LogP contribution is 2.22. The predicted octanol–water partition coefficient (Wildman–Crippen LogP) is 0.909. The highest BCUT2D eigenvalue weighted by Gasteiger charge is 2.27. The number of nitrogens with one attached hydrogen (secondary N) is 2. The summed E-state index contributed by atoms with van der Waals surface area (Å²) >= 11 is 0. The number of nitrogens with zero attached hydrogens (tertiary/aromatic N) is 1. The Kier molecular flexibility index (Phi) is 7.46. The molecule has 1 amide bonds. The number of quaternary nitrogens is 1. The van der Waals surface area contributed by atoms with E-state index >= 15 is 0 Å². The van der Waals surface area contributed by atoms with E-state index in [0.29, 0.717) is 13.0 Å². The zero-order valence-corrected chi connectivity index (χ0v) is 18.1. The summed E-state index contributed by atoms with van der Waals surface area (Å²) in [4.78, 5) is 28.4. The largest absolute Gasteiger partial charge is 0.467 e. The second kappa shape index (κ2) is 10.3. The molecule has 0 spiro atoms. The first kappa shape index (κ1) is 21.8. The first-order chi connectivity index (χ1) is 14.5. The lowest BCUT2D eigenvalue weighted by Crippen LogP contribution is -3.16. The lowest BCUT2D eigenvalue weighted by molar-refractivity contribution is -0.892. The molecule has 1 aliphatic rings. The zero-order chi connectivity index (χ0) is 21.5. The molecule has 6 nitrogen and oxygen atoms in total. The summed E-state index contributed by atoms with van der Waals surface area (Å²) in [5, 5.41) is 2.88. The van der Waals surface area contributed by atoms with Gasteiger partial charge >= 0.3 is 5.97 Å². The van der Waals surface area contributed by atoms with Crippen LogP contribution >= 0.6 is 0 Å². The smallest absolute Gasteiger partial charge is 0.328 e. The number of ether oxygens (including phenoxy) is 1. The maximum atomic E-state index is 12.6. The van der Waals surface area contributed by atoms with Crippen LogP contribution in [0.15, 0.2) is 48.5 Å². The fourth-order valence-corrected chi connectivity index (χ4v) is 3.98. The highest BCUT2D eigenvalue weighted by atomic mass is 16.5. The molecule has 0 aromatic heterocycles. The van der Waals surface area contributed by atoms with Crippen molar-refractivity contribution in [3.63, 3.8) is 0 Å². The third kappa shape index (κ3) is 5.60. The Morgan fingerprint density at radius 3 is 2.43 bits per heavy atom. The maximum Gasteiger partial charge on any atom is 0.328 e. The molecule has 6 heteroatoms. The number of amides is 1. The van der Waals surface area contributed by atoms with Crippen LogP contribution in [-0.2, 0) is 20.7 Å². The number of aryl methyl sites for hydroxylation is 1. The second-order valence-electron chi connectivity index (χ2n) is 7.97. The Hall–Kier alpha value is -2.86. The number of hydrogen-bond acceptors (Lipinski definition) is 4. The van der Waals surface area contributed by atoms with Crippen LogP contribution < -0.4 is 15.1 Å². The average molecular weight is 411 g/mol. The van der Waals surface area contributed by atoms with E-state index in [1.165, 1.54) is 28.8 Å². The standard InChI is InChI=1S/C24H31N3O3/c1-18-8-7-11-22(19(18)2)27-14-12-26(13-15-27)17-23(28)25-21(24(29)30-3)16-20-9-5-4-6-10-20/h4-11,21H,12-17H2,1-3H3,(H,25,28)/p+1/t21-/m1/s1. The van der Waals surface area contributed by atoms with Gasteiger partial charge in [-0.1, -0.05) is 42.5 Å². The number of benzene rings is 2. The van der Waals surface area contributed by atoms with Gasteiger partial charge in [0.2, 0.25) is 0 Å². The fraction of sp³-hybridized carbons (Fsp3) is 0.417. The molecule has 1 fully saturated rings. The molecule has 160 valence electrons. The maximum absolute atomic E-state index is 12.6. The van der Waals surface area contributed by atoms with Crippen molar-refractivity contribution in [3.8, 4) is 0 Å². The molecule has 2 aromatic carbocycles. The minimum Gasteiger partial charge on any atom is -0.467 e.